The number of rotatable bonds is 3. The van der Waals surface area contributed by atoms with E-state index in [1.54, 1.807) is 4.90 Å². The zero-order valence-electron chi connectivity index (χ0n) is 13.5. The molecule has 0 spiro atoms. The van der Waals surface area contributed by atoms with Gasteiger partial charge in [-0.15, -0.1) is 0 Å². The van der Waals surface area contributed by atoms with Crippen molar-refractivity contribution in [3.8, 4) is 0 Å². The normalized spacial score (nSPS) is 26.9. The van der Waals surface area contributed by atoms with Crippen LogP contribution in [0.4, 0.5) is 4.79 Å². The van der Waals surface area contributed by atoms with Crippen molar-refractivity contribution in [2.24, 2.45) is 0 Å². The Morgan fingerprint density at radius 2 is 2.13 bits per heavy atom. The summed E-state index contributed by atoms with van der Waals surface area (Å²) in [4.78, 5) is 25.7. The predicted molar refractivity (Wildman–Crippen MR) is 84.6 cm³/mol. The number of benzene rings is 1. The van der Waals surface area contributed by atoms with Gasteiger partial charge >= 0.3 is 12.1 Å². The van der Waals surface area contributed by atoms with Crippen molar-refractivity contribution in [3.63, 3.8) is 0 Å². The number of ether oxygens (including phenoxy) is 2. The van der Waals surface area contributed by atoms with Crippen molar-refractivity contribution in [3.05, 3.63) is 47.5 Å². The van der Waals surface area contributed by atoms with E-state index in [-0.39, 0.29) is 24.7 Å². The van der Waals surface area contributed by atoms with Crippen LogP contribution in [0.3, 0.4) is 0 Å². The Morgan fingerprint density at radius 1 is 1.39 bits per heavy atom. The SMILES string of the molecule is CC1=CC(=O)O[C@]1(C)[C@@H]1CCCN1C(=O)OCc1ccccc1. The van der Waals surface area contributed by atoms with Crippen LogP contribution in [0.15, 0.2) is 42.0 Å². The van der Waals surface area contributed by atoms with Gasteiger partial charge in [-0.2, -0.15) is 0 Å². The van der Waals surface area contributed by atoms with E-state index in [9.17, 15) is 9.59 Å². The molecule has 5 heteroatoms. The van der Waals surface area contributed by atoms with Crippen molar-refractivity contribution in [2.45, 2.75) is 44.9 Å². The van der Waals surface area contributed by atoms with Gasteiger partial charge in [0, 0.05) is 12.6 Å². The van der Waals surface area contributed by atoms with Gasteiger partial charge in [-0.1, -0.05) is 30.3 Å². The number of hydrogen-bond acceptors (Lipinski definition) is 4. The topological polar surface area (TPSA) is 55.8 Å². The maximum absolute atomic E-state index is 12.5. The highest BCUT2D eigenvalue weighted by atomic mass is 16.6. The molecule has 2 atom stereocenters. The number of likely N-dealkylation sites (tertiary alicyclic amines) is 1. The quantitative estimate of drug-likeness (QED) is 0.805. The monoisotopic (exact) mass is 315 g/mol. The molecule has 3 rings (SSSR count). The maximum atomic E-state index is 12.5. The van der Waals surface area contributed by atoms with Gasteiger partial charge in [0.05, 0.1) is 6.04 Å². The number of carbonyl (C=O) groups excluding carboxylic acids is 2. The van der Waals surface area contributed by atoms with Gasteiger partial charge in [-0.05, 0) is 37.8 Å². The lowest BCUT2D eigenvalue weighted by Gasteiger charge is -2.37. The van der Waals surface area contributed by atoms with E-state index in [4.69, 9.17) is 9.47 Å². The minimum Gasteiger partial charge on any atom is -0.449 e. The number of amides is 1. The minimum absolute atomic E-state index is 0.173. The van der Waals surface area contributed by atoms with Crippen LogP contribution in [0, 0.1) is 0 Å². The second-order valence-corrected chi connectivity index (χ2v) is 6.25. The first-order valence-electron chi connectivity index (χ1n) is 7.90. The zero-order chi connectivity index (χ0) is 16.4. The summed E-state index contributed by atoms with van der Waals surface area (Å²) in [7, 11) is 0. The standard InChI is InChI=1S/C18H21NO4/c1-13-11-16(20)23-18(13,2)15-9-6-10-19(15)17(21)22-12-14-7-4-3-5-8-14/h3-5,7-8,11,15H,6,9-10,12H2,1-2H3/t15-,18-/m0/s1. The Morgan fingerprint density at radius 3 is 2.78 bits per heavy atom. The van der Waals surface area contributed by atoms with E-state index in [2.05, 4.69) is 0 Å². The highest BCUT2D eigenvalue weighted by Crippen LogP contribution is 2.38. The molecule has 1 amide bonds. The van der Waals surface area contributed by atoms with Crippen molar-refractivity contribution in [1.29, 1.82) is 0 Å². The Bertz CT molecular complexity index is 640. The molecular weight excluding hydrogens is 294 g/mol. The molecule has 1 aromatic rings. The van der Waals surface area contributed by atoms with Gasteiger partial charge in [0.1, 0.15) is 6.61 Å². The number of carbonyl (C=O) groups is 2. The molecule has 122 valence electrons. The molecule has 2 aliphatic rings. The molecule has 1 fully saturated rings. The lowest BCUT2D eigenvalue weighted by molar-refractivity contribution is -0.148. The molecule has 0 radical (unpaired) electrons. The predicted octanol–water partition coefficient (Wildman–Crippen LogP) is 3.05. The highest BCUT2D eigenvalue weighted by Gasteiger charge is 2.49. The van der Waals surface area contributed by atoms with Crippen LogP contribution in [0.1, 0.15) is 32.3 Å². The summed E-state index contributed by atoms with van der Waals surface area (Å²) in [6.45, 7) is 4.61. The lowest BCUT2D eigenvalue weighted by atomic mass is 9.88. The fourth-order valence-electron chi connectivity index (χ4n) is 3.33. The van der Waals surface area contributed by atoms with Gasteiger partial charge < -0.3 is 14.4 Å². The largest absolute Gasteiger partial charge is 0.449 e. The summed E-state index contributed by atoms with van der Waals surface area (Å²) >= 11 is 0. The van der Waals surface area contributed by atoms with E-state index < -0.39 is 5.60 Å². The third kappa shape index (κ3) is 2.96. The van der Waals surface area contributed by atoms with Gasteiger partial charge in [0.2, 0.25) is 0 Å². The van der Waals surface area contributed by atoms with Crippen LogP contribution >= 0.6 is 0 Å². The van der Waals surface area contributed by atoms with E-state index in [1.807, 2.05) is 44.2 Å². The minimum atomic E-state index is -0.751. The molecule has 1 aromatic carbocycles. The number of esters is 1. The van der Waals surface area contributed by atoms with Crippen molar-refractivity contribution in [1.82, 2.24) is 4.90 Å². The molecule has 0 bridgehead atoms. The summed E-state index contributed by atoms with van der Waals surface area (Å²) in [5.41, 5.74) is 1.06. The van der Waals surface area contributed by atoms with Gasteiger partial charge in [0.15, 0.2) is 5.60 Å². The molecule has 2 aliphatic heterocycles. The van der Waals surface area contributed by atoms with E-state index >= 15 is 0 Å². The maximum Gasteiger partial charge on any atom is 0.410 e. The molecule has 0 unspecified atom stereocenters. The van der Waals surface area contributed by atoms with Crippen molar-refractivity contribution < 1.29 is 19.1 Å². The number of cyclic esters (lactones) is 1. The molecule has 2 heterocycles. The lowest BCUT2D eigenvalue weighted by Crippen LogP contribution is -2.51. The molecule has 1 saturated heterocycles. The van der Waals surface area contributed by atoms with Crippen LogP contribution in [0.25, 0.3) is 0 Å². The summed E-state index contributed by atoms with van der Waals surface area (Å²) in [5, 5.41) is 0. The van der Waals surface area contributed by atoms with Crippen LogP contribution in [-0.4, -0.2) is 35.2 Å². The van der Waals surface area contributed by atoms with Gasteiger partial charge in [0.25, 0.3) is 0 Å². The van der Waals surface area contributed by atoms with Crippen LogP contribution in [0.2, 0.25) is 0 Å². The summed E-state index contributed by atoms with van der Waals surface area (Å²) in [6.07, 6.45) is 2.83. The summed E-state index contributed by atoms with van der Waals surface area (Å²) in [6, 6.07) is 9.41. The highest BCUT2D eigenvalue weighted by molar-refractivity contribution is 5.87. The fourth-order valence-corrected chi connectivity index (χ4v) is 3.33. The molecular formula is C18H21NO4. The third-order valence-electron chi connectivity index (χ3n) is 4.76. The second kappa shape index (κ2) is 6.07. The molecule has 0 saturated carbocycles. The van der Waals surface area contributed by atoms with E-state index in [0.29, 0.717) is 6.54 Å². The van der Waals surface area contributed by atoms with Crippen molar-refractivity contribution in [2.75, 3.05) is 6.54 Å². The average Bonchev–Trinajstić information content (AvgIpc) is 3.12. The second-order valence-electron chi connectivity index (χ2n) is 6.25. The average molecular weight is 315 g/mol. The van der Waals surface area contributed by atoms with Crippen LogP contribution in [0.5, 0.6) is 0 Å². The molecule has 0 aromatic heterocycles. The Balaban J connectivity index is 1.68. The smallest absolute Gasteiger partial charge is 0.410 e. The molecule has 23 heavy (non-hydrogen) atoms. The molecule has 0 aliphatic carbocycles. The first-order chi connectivity index (χ1) is 11.0. The number of hydrogen-bond donors (Lipinski definition) is 0. The zero-order valence-corrected chi connectivity index (χ0v) is 13.5. The van der Waals surface area contributed by atoms with Gasteiger partial charge in [-0.3, -0.25) is 0 Å². The molecule has 5 nitrogen and oxygen atoms in total. The fraction of sp³-hybridized carbons (Fsp3) is 0.444. The third-order valence-corrected chi connectivity index (χ3v) is 4.76. The summed E-state index contributed by atoms with van der Waals surface area (Å²) < 4.78 is 10.9. The first-order valence-corrected chi connectivity index (χ1v) is 7.90. The van der Waals surface area contributed by atoms with Crippen LogP contribution < -0.4 is 0 Å². The van der Waals surface area contributed by atoms with Crippen LogP contribution in [-0.2, 0) is 20.9 Å². The van der Waals surface area contributed by atoms with Gasteiger partial charge in [-0.25, -0.2) is 9.59 Å². The van der Waals surface area contributed by atoms with E-state index in [0.717, 1.165) is 24.0 Å². The number of nitrogens with zero attached hydrogens (tertiary/aromatic N) is 1. The Kier molecular flexibility index (Phi) is 4.11. The van der Waals surface area contributed by atoms with Crippen molar-refractivity contribution >= 4 is 12.1 Å². The Labute approximate surface area is 135 Å². The Hall–Kier alpha value is -2.30. The van der Waals surface area contributed by atoms with E-state index in [1.165, 1.54) is 6.08 Å². The molecule has 0 N–H and O–H groups in total. The first kappa shape index (κ1) is 15.6. The summed E-state index contributed by atoms with van der Waals surface area (Å²) in [5.74, 6) is -0.338.